The maximum Gasteiger partial charge on any atom is 0.226 e. The van der Waals surface area contributed by atoms with Gasteiger partial charge in [0.1, 0.15) is 0 Å². The molecule has 0 aliphatic carbocycles. The summed E-state index contributed by atoms with van der Waals surface area (Å²) in [7, 11) is 0. The number of hydrogen-bond donors (Lipinski definition) is 0. The summed E-state index contributed by atoms with van der Waals surface area (Å²) < 4.78 is 2.03. The topological polar surface area (TPSA) is 71.3 Å². The maximum atomic E-state index is 13.1. The van der Waals surface area contributed by atoms with Crippen molar-refractivity contribution < 1.29 is 9.59 Å². The zero-order valence-electron chi connectivity index (χ0n) is 24.7. The van der Waals surface area contributed by atoms with E-state index in [2.05, 4.69) is 62.2 Å². The number of aryl methyl sites for hydroxylation is 1. The van der Waals surface area contributed by atoms with Crippen molar-refractivity contribution in [3.05, 3.63) is 59.1 Å². The molecule has 0 bridgehead atoms. The van der Waals surface area contributed by atoms with Gasteiger partial charge >= 0.3 is 0 Å². The first kappa shape index (κ1) is 31.1. The minimum absolute atomic E-state index is 0.0432. The molecule has 0 N–H and O–H groups in total. The third-order valence-corrected chi connectivity index (χ3v) is 9.04. The number of aromatic nitrogens is 3. The van der Waals surface area contributed by atoms with Gasteiger partial charge in [-0.2, -0.15) is 0 Å². The molecule has 2 unspecified atom stereocenters. The van der Waals surface area contributed by atoms with Crippen molar-refractivity contribution in [2.75, 3.05) is 25.4 Å². The Labute approximate surface area is 253 Å². The zero-order valence-corrected chi connectivity index (χ0v) is 26.3. The van der Waals surface area contributed by atoms with Crippen LogP contribution >= 0.6 is 23.4 Å². The molecule has 0 spiro atoms. The maximum absolute atomic E-state index is 13.1. The molecule has 2 atom stereocenters. The van der Waals surface area contributed by atoms with Gasteiger partial charge in [0.2, 0.25) is 11.8 Å². The molecule has 9 heteroatoms. The standard InChI is InChI=1S/C32H42ClN5O2S/c1-5-7-10-25(6-2)31(40)37-19-18-36(22-24(37)4)29(39)13-9-20-41-32-35-34-30(26-16-14-23(3)15-17-26)38(32)28-12-8-11-27(33)21-28/h8,11-12,14-17,21,24-25H,5-7,9-10,13,18-20,22H2,1-4H3. The number of rotatable bonds is 12. The van der Waals surface area contributed by atoms with E-state index in [1.807, 2.05) is 38.6 Å². The third kappa shape index (κ3) is 7.92. The van der Waals surface area contributed by atoms with Gasteiger partial charge in [-0.1, -0.05) is 85.9 Å². The summed E-state index contributed by atoms with van der Waals surface area (Å²) in [4.78, 5) is 30.1. The van der Waals surface area contributed by atoms with Crippen LogP contribution in [0.2, 0.25) is 5.02 Å². The summed E-state index contributed by atoms with van der Waals surface area (Å²) in [6, 6.07) is 16.0. The summed E-state index contributed by atoms with van der Waals surface area (Å²) in [5.74, 6) is 2.00. The molecule has 3 aromatic rings. The first-order chi connectivity index (χ1) is 19.8. The van der Waals surface area contributed by atoms with Crippen molar-refractivity contribution in [2.24, 2.45) is 5.92 Å². The molecule has 1 aromatic heterocycles. The molecule has 41 heavy (non-hydrogen) atoms. The van der Waals surface area contributed by atoms with E-state index in [9.17, 15) is 9.59 Å². The number of unbranched alkanes of at least 4 members (excludes halogenated alkanes) is 1. The predicted octanol–water partition coefficient (Wildman–Crippen LogP) is 7.04. The molecule has 2 heterocycles. The molecule has 0 saturated carbocycles. The van der Waals surface area contributed by atoms with Crippen LogP contribution < -0.4 is 0 Å². The molecular formula is C32H42ClN5O2S. The lowest BCUT2D eigenvalue weighted by Crippen LogP contribution is -2.56. The fourth-order valence-corrected chi connectivity index (χ4v) is 6.42. The van der Waals surface area contributed by atoms with Gasteiger partial charge < -0.3 is 9.80 Å². The second-order valence-electron chi connectivity index (χ2n) is 10.9. The number of benzene rings is 2. The Morgan fingerprint density at radius 2 is 1.85 bits per heavy atom. The second-order valence-corrected chi connectivity index (χ2v) is 12.4. The fraction of sp³-hybridized carbons (Fsp3) is 0.500. The highest BCUT2D eigenvalue weighted by molar-refractivity contribution is 7.99. The number of amides is 2. The lowest BCUT2D eigenvalue weighted by atomic mass is 9.96. The van der Waals surface area contributed by atoms with Gasteiger partial charge in [-0.05, 0) is 51.3 Å². The van der Waals surface area contributed by atoms with Crippen LogP contribution in [0.25, 0.3) is 17.1 Å². The molecule has 1 saturated heterocycles. The van der Waals surface area contributed by atoms with Gasteiger partial charge in [0.25, 0.3) is 0 Å². The highest BCUT2D eigenvalue weighted by Crippen LogP contribution is 2.30. The van der Waals surface area contributed by atoms with E-state index in [1.54, 1.807) is 11.8 Å². The van der Waals surface area contributed by atoms with Crippen LogP contribution in [-0.4, -0.2) is 67.8 Å². The van der Waals surface area contributed by atoms with E-state index in [0.29, 0.717) is 31.1 Å². The fourth-order valence-electron chi connectivity index (χ4n) is 5.34. The van der Waals surface area contributed by atoms with Crippen LogP contribution in [-0.2, 0) is 9.59 Å². The average molecular weight is 596 g/mol. The van der Waals surface area contributed by atoms with Crippen LogP contribution in [0.4, 0.5) is 0 Å². The van der Waals surface area contributed by atoms with Crippen molar-refractivity contribution in [1.29, 1.82) is 0 Å². The van der Waals surface area contributed by atoms with Crippen molar-refractivity contribution in [3.8, 4) is 17.1 Å². The third-order valence-electron chi connectivity index (χ3n) is 7.79. The van der Waals surface area contributed by atoms with E-state index in [1.165, 1.54) is 5.56 Å². The smallest absolute Gasteiger partial charge is 0.226 e. The SMILES string of the molecule is CCCCC(CC)C(=O)N1CCN(C(=O)CCCSc2nnc(-c3ccc(C)cc3)n2-c2cccc(Cl)c2)CC1C. The molecule has 1 aliphatic rings. The van der Waals surface area contributed by atoms with Crippen LogP contribution in [0.5, 0.6) is 0 Å². The monoisotopic (exact) mass is 595 g/mol. The molecular weight excluding hydrogens is 554 g/mol. The minimum Gasteiger partial charge on any atom is -0.339 e. The Morgan fingerprint density at radius 3 is 2.54 bits per heavy atom. The summed E-state index contributed by atoms with van der Waals surface area (Å²) in [6.45, 7) is 10.2. The first-order valence-corrected chi connectivity index (χ1v) is 16.2. The number of thioether (sulfide) groups is 1. The predicted molar refractivity (Wildman–Crippen MR) is 168 cm³/mol. The van der Waals surface area contributed by atoms with Crippen LogP contribution in [0, 0.1) is 12.8 Å². The van der Waals surface area contributed by atoms with E-state index in [0.717, 1.165) is 60.1 Å². The van der Waals surface area contributed by atoms with Crippen LogP contribution in [0.1, 0.15) is 64.9 Å². The van der Waals surface area contributed by atoms with Gasteiger partial charge in [-0.15, -0.1) is 10.2 Å². The van der Waals surface area contributed by atoms with Gasteiger partial charge in [0.05, 0.1) is 5.69 Å². The van der Waals surface area contributed by atoms with Crippen molar-refractivity contribution >= 4 is 35.2 Å². The second kappa shape index (κ2) is 14.9. The van der Waals surface area contributed by atoms with Gasteiger partial charge in [-0.25, -0.2) is 0 Å². The number of carbonyl (C=O) groups is 2. The Balaban J connectivity index is 1.34. The molecule has 1 aliphatic heterocycles. The molecule has 7 nitrogen and oxygen atoms in total. The van der Waals surface area contributed by atoms with Crippen molar-refractivity contribution in [2.45, 2.75) is 77.4 Å². The molecule has 220 valence electrons. The number of piperazine rings is 1. The van der Waals surface area contributed by atoms with E-state index in [-0.39, 0.29) is 23.8 Å². The summed E-state index contributed by atoms with van der Waals surface area (Å²) in [5.41, 5.74) is 3.06. The Morgan fingerprint density at radius 1 is 1.07 bits per heavy atom. The van der Waals surface area contributed by atoms with E-state index in [4.69, 9.17) is 11.6 Å². The highest BCUT2D eigenvalue weighted by atomic mass is 35.5. The number of halogens is 1. The molecule has 2 aromatic carbocycles. The Bertz CT molecular complexity index is 1310. The highest BCUT2D eigenvalue weighted by Gasteiger charge is 2.32. The number of carbonyl (C=O) groups excluding carboxylic acids is 2. The minimum atomic E-state index is 0.0432. The average Bonchev–Trinajstić information content (AvgIpc) is 3.39. The Kier molecular flexibility index (Phi) is 11.3. The summed E-state index contributed by atoms with van der Waals surface area (Å²) >= 11 is 7.92. The summed E-state index contributed by atoms with van der Waals surface area (Å²) in [5, 5.41) is 10.4. The van der Waals surface area contributed by atoms with E-state index >= 15 is 0 Å². The van der Waals surface area contributed by atoms with Crippen molar-refractivity contribution in [1.82, 2.24) is 24.6 Å². The largest absolute Gasteiger partial charge is 0.339 e. The molecule has 0 radical (unpaired) electrons. The Hall–Kier alpha value is -2.84. The van der Waals surface area contributed by atoms with E-state index < -0.39 is 0 Å². The van der Waals surface area contributed by atoms with Crippen LogP contribution in [0.15, 0.2) is 53.7 Å². The summed E-state index contributed by atoms with van der Waals surface area (Å²) in [6.07, 6.45) is 5.21. The number of nitrogens with zero attached hydrogens (tertiary/aromatic N) is 5. The van der Waals surface area contributed by atoms with Crippen molar-refractivity contribution in [3.63, 3.8) is 0 Å². The van der Waals surface area contributed by atoms with Gasteiger partial charge in [0.15, 0.2) is 11.0 Å². The molecule has 2 amide bonds. The number of hydrogen-bond acceptors (Lipinski definition) is 5. The first-order valence-electron chi connectivity index (χ1n) is 14.8. The molecule has 1 fully saturated rings. The van der Waals surface area contributed by atoms with Gasteiger partial charge in [-0.3, -0.25) is 14.2 Å². The lowest BCUT2D eigenvalue weighted by molar-refractivity contribution is -0.145. The van der Waals surface area contributed by atoms with Crippen LogP contribution in [0.3, 0.4) is 0 Å². The van der Waals surface area contributed by atoms with Gasteiger partial charge in [0, 0.05) is 54.4 Å². The quantitative estimate of drug-likeness (QED) is 0.166. The zero-order chi connectivity index (χ0) is 29.4. The lowest BCUT2D eigenvalue weighted by Gasteiger charge is -2.41. The normalized spacial score (nSPS) is 16.2. The molecule has 4 rings (SSSR count).